The number of nitrogens with zero attached hydrogens (tertiary/aromatic N) is 1. The highest BCUT2D eigenvalue weighted by molar-refractivity contribution is 9.10. The molecule has 1 aromatic carbocycles. The van der Waals surface area contributed by atoms with E-state index in [9.17, 15) is 4.79 Å². The van der Waals surface area contributed by atoms with Crippen molar-refractivity contribution in [1.29, 1.82) is 0 Å². The van der Waals surface area contributed by atoms with Crippen molar-refractivity contribution in [1.82, 2.24) is 0 Å². The summed E-state index contributed by atoms with van der Waals surface area (Å²) in [7, 11) is 0. The molecule has 1 rings (SSSR count). The standard InChI is InChI=1S/C12H14BrNO2/c1-2-7-14(8-6-12(15)16)11-5-3-4-10(13)9-11/h2-5,9H,1,6-8H2,(H,15,16). The van der Waals surface area contributed by atoms with Crippen molar-refractivity contribution < 1.29 is 9.90 Å². The number of rotatable bonds is 6. The number of anilines is 1. The van der Waals surface area contributed by atoms with Crippen LogP contribution >= 0.6 is 15.9 Å². The first-order valence-electron chi connectivity index (χ1n) is 4.96. The predicted molar refractivity (Wildman–Crippen MR) is 68.8 cm³/mol. The summed E-state index contributed by atoms with van der Waals surface area (Å²) < 4.78 is 0.981. The lowest BCUT2D eigenvalue weighted by molar-refractivity contribution is -0.136. The van der Waals surface area contributed by atoms with E-state index < -0.39 is 5.97 Å². The second-order valence-corrected chi connectivity index (χ2v) is 4.27. The third kappa shape index (κ3) is 4.06. The monoisotopic (exact) mass is 283 g/mol. The Balaban J connectivity index is 2.76. The molecule has 0 saturated carbocycles. The second-order valence-electron chi connectivity index (χ2n) is 3.36. The first kappa shape index (κ1) is 12.8. The summed E-state index contributed by atoms with van der Waals surface area (Å²) in [6.07, 6.45) is 1.89. The lowest BCUT2D eigenvalue weighted by Gasteiger charge is -2.22. The molecule has 0 aliphatic heterocycles. The van der Waals surface area contributed by atoms with Crippen LogP contribution in [-0.2, 0) is 4.79 Å². The van der Waals surface area contributed by atoms with Gasteiger partial charge < -0.3 is 10.0 Å². The van der Waals surface area contributed by atoms with E-state index in [4.69, 9.17) is 5.11 Å². The van der Waals surface area contributed by atoms with E-state index in [1.165, 1.54) is 0 Å². The lowest BCUT2D eigenvalue weighted by Crippen LogP contribution is -2.26. The number of halogens is 1. The van der Waals surface area contributed by atoms with Crippen molar-refractivity contribution in [2.24, 2.45) is 0 Å². The third-order valence-corrected chi connectivity index (χ3v) is 2.61. The Labute approximate surface area is 104 Å². The minimum atomic E-state index is -0.788. The van der Waals surface area contributed by atoms with Gasteiger partial charge in [0.15, 0.2) is 0 Å². The fourth-order valence-electron chi connectivity index (χ4n) is 1.39. The molecule has 86 valence electrons. The maximum absolute atomic E-state index is 10.5. The highest BCUT2D eigenvalue weighted by Gasteiger charge is 2.07. The Hall–Kier alpha value is -1.29. The van der Waals surface area contributed by atoms with E-state index in [2.05, 4.69) is 22.5 Å². The summed E-state index contributed by atoms with van der Waals surface area (Å²) >= 11 is 3.39. The smallest absolute Gasteiger partial charge is 0.305 e. The molecule has 0 atom stereocenters. The fraction of sp³-hybridized carbons (Fsp3) is 0.250. The Bertz CT molecular complexity index is 379. The van der Waals surface area contributed by atoms with E-state index in [-0.39, 0.29) is 6.42 Å². The van der Waals surface area contributed by atoms with E-state index >= 15 is 0 Å². The molecule has 0 bridgehead atoms. The van der Waals surface area contributed by atoms with Crippen LogP contribution in [0.1, 0.15) is 6.42 Å². The molecule has 0 aliphatic carbocycles. The number of benzene rings is 1. The number of hydrogen-bond donors (Lipinski definition) is 1. The van der Waals surface area contributed by atoms with Gasteiger partial charge in [0.05, 0.1) is 6.42 Å². The molecule has 4 heteroatoms. The molecule has 1 aromatic rings. The Morgan fingerprint density at radius 2 is 2.31 bits per heavy atom. The van der Waals surface area contributed by atoms with Crippen LogP contribution in [0.2, 0.25) is 0 Å². The average molecular weight is 284 g/mol. The molecule has 0 aromatic heterocycles. The second kappa shape index (κ2) is 6.33. The average Bonchev–Trinajstić information content (AvgIpc) is 2.24. The Morgan fingerprint density at radius 1 is 1.56 bits per heavy atom. The molecular weight excluding hydrogens is 270 g/mol. The van der Waals surface area contributed by atoms with E-state index in [0.29, 0.717) is 13.1 Å². The molecule has 0 aliphatic rings. The first-order chi connectivity index (χ1) is 7.63. The first-order valence-corrected chi connectivity index (χ1v) is 5.76. The summed E-state index contributed by atoms with van der Waals surface area (Å²) in [5, 5.41) is 8.67. The molecule has 0 radical (unpaired) electrons. The number of carboxylic acid groups (broad SMARTS) is 1. The van der Waals surface area contributed by atoms with Crippen LogP contribution in [0, 0.1) is 0 Å². The lowest BCUT2D eigenvalue weighted by atomic mass is 10.2. The molecule has 3 nitrogen and oxygen atoms in total. The van der Waals surface area contributed by atoms with Gasteiger partial charge in [-0.25, -0.2) is 0 Å². The molecule has 0 heterocycles. The van der Waals surface area contributed by atoms with Crippen molar-refractivity contribution in [3.05, 3.63) is 41.4 Å². The van der Waals surface area contributed by atoms with Gasteiger partial charge in [-0.2, -0.15) is 0 Å². The number of aliphatic carboxylic acids is 1. The van der Waals surface area contributed by atoms with Gasteiger partial charge in [-0.3, -0.25) is 4.79 Å². The van der Waals surface area contributed by atoms with Crippen LogP contribution in [0.15, 0.2) is 41.4 Å². The molecule has 16 heavy (non-hydrogen) atoms. The van der Waals surface area contributed by atoms with Crippen molar-refractivity contribution in [3.8, 4) is 0 Å². The van der Waals surface area contributed by atoms with E-state index in [1.807, 2.05) is 29.2 Å². The molecule has 1 N–H and O–H groups in total. The van der Waals surface area contributed by atoms with Gasteiger partial charge in [0, 0.05) is 23.2 Å². The fourth-order valence-corrected chi connectivity index (χ4v) is 1.77. The molecule has 0 fully saturated rings. The van der Waals surface area contributed by atoms with E-state index in [0.717, 1.165) is 10.2 Å². The van der Waals surface area contributed by atoms with Crippen LogP contribution in [0.4, 0.5) is 5.69 Å². The molecule has 0 spiro atoms. The summed E-state index contributed by atoms with van der Waals surface area (Å²) in [6.45, 7) is 4.80. The summed E-state index contributed by atoms with van der Waals surface area (Å²) in [5.74, 6) is -0.788. The van der Waals surface area contributed by atoms with Crippen LogP contribution in [-0.4, -0.2) is 24.2 Å². The normalized spacial score (nSPS) is 9.81. The minimum Gasteiger partial charge on any atom is -0.481 e. The van der Waals surface area contributed by atoms with Gasteiger partial charge >= 0.3 is 5.97 Å². The van der Waals surface area contributed by atoms with Crippen LogP contribution in [0.3, 0.4) is 0 Å². The van der Waals surface area contributed by atoms with Crippen LogP contribution < -0.4 is 4.90 Å². The highest BCUT2D eigenvalue weighted by Crippen LogP contribution is 2.20. The minimum absolute atomic E-state index is 0.125. The highest BCUT2D eigenvalue weighted by atomic mass is 79.9. The zero-order valence-electron chi connectivity index (χ0n) is 8.90. The van der Waals surface area contributed by atoms with Gasteiger partial charge in [0.1, 0.15) is 0 Å². The van der Waals surface area contributed by atoms with Crippen molar-refractivity contribution in [3.63, 3.8) is 0 Å². The van der Waals surface area contributed by atoms with Gasteiger partial charge in [0.25, 0.3) is 0 Å². The SMILES string of the molecule is C=CCN(CCC(=O)O)c1cccc(Br)c1. The Morgan fingerprint density at radius 3 is 2.88 bits per heavy atom. The molecule has 0 unspecified atom stereocenters. The number of hydrogen-bond acceptors (Lipinski definition) is 2. The Kier molecular flexibility index (Phi) is 5.05. The number of carboxylic acids is 1. The number of carbonyl (C=O) groups is 1. The van der Waals surface area contributed by atoms with E-state index in [1.54, 1.807) is 6.08 Å². The molecule has 0 amide bonds. The summed E-state index contributed by atoms with van der Waals surface area (Å²) in [5.41, 5.74) is 0.996. The summed E-state index contributed by atoms with van der Waals surface area (Å²) in [6, 6.07) is 7.78. The van der Waals surface area contributed by atoms with Crippen molar-refractivity contribution in [2.75, 3.05) is 18.0 Å². The largest absolute Gasteiger partial charge is 0.481 e. The maximum atomic E-state index is 10.5. The zero-order valence-corrected chi connectivity index (χ0v) is 10.5. The van der Waals surface area contributed by atoms with Gasteiger partial charge in [0.2, 0.25) is 0 Å². The third-order valence-electron chi connectivity index (χ3n) is 2.12. The van der Waals surface area contributed by atoms with Gasteiger partial charge in [-0.05, 0) is 18.2 Å². The van der Waals surface area contributed by atoms with Crippen molar-refractivity contribution >= 4 is 27.6 Å². The molecule has 0 saturated heterocycles. The zero-order chi connectivity index (χ0) is 12.0. The van der Waals surface area contributed by atoms with Crippen LogP contribution in [0.25, 0.3) is 0 Å². The topological polar surface area (TPSA) is 40.5 Å². The quantitative estimate of drug-likeness (QED) is 0.816. The van der Waals surface area contributed by atoms with Crippen molar-refractivity contribution in [2.45, 2.75) is 6.42 Å². The van der Waals surface area contributed by atoms with Gasteiger partial charge in [-0.1, -0.05) is 28.1 Å². The van der Waals surface area contributed by atoms with Gasteiger partial charge in [-0.15, -0.1) is 6.58 Å². The maximum Gasteiger partial charge on any atom is 0.305 e. The van der Waals surface area contributed by atoms with Crippen LogP contribution in [0.5, 0.6) is 0 Å². The summed E-state index contributed by atoms with van der Waals surface area (Å²) in [4.78, 5) is 12.5. The molecular formula is C12H14BrNO2. The predicted octanol–water partition coefficient (Wildman–Crippen LogP) is 2.92.